The summed E-state index contributed by atoms with van der Waals surface area (Å²) in [6.45, 7) is 9.90. The van der Waals surface area contributed by atoms with Gasteiger partial charge in [0.05, 0.1) is 36.8 Å². The first-order chi connectivity index (χ1) is 15.7. The van der Waals surface area contributed by atoms with Crippen LogP contribution >= 0.6 is 0 Å². The fourth-order valence-corrected chi connectivity index (χ4v) is 3.51. The van der Waals surface area contributed by atoms with Gasteiger partial charge < -0.3 is 24.5 Å². The first-order valence-corrected chi connectivity index (χ1v) is 10.5. The molecule has 0 radical (unpaired) electrons. The number of nitrogens with zero attached hydrogens (tertiary/aromatic N) is 2. The van der Waals surface area contributed by atoms with Crippen LogP contribution in [0.4, 0.5) is 5.69 Å². The van der Waals surface area contributed by atoms with Crippen LogP contribution in [0.3, 0.4) is 0 Å². The zero-order chi connectivity index (χ0) is 24.1. The summed E-state index contributed by atoms with van der Waals surface area (Å²) in [4.78, 5) is 42.9. The van der Waals surface area contributed by atoms with E-state index in [1.54, 1.807) is 29.2 Å². The van der Waals surface area contributed by atoms with Gasteiger partial charge in [-0.2, -0.15) is 0 Å². The Kier molecular flexibility index (Phi) is 7.44. The van der Waals surface area contributed by atoms with Crippen molar-refractivity contribution in [2.75, 3.05) is 38.2 Å². The number of furan rings is 1. The highest BCUT2D eigenvalue weighted by Gasteiger charge is 2.23. The number of aliphatic imine (C=N–C) groups is 1. The maximum Gasteiger partial charge on any atom is 0.256 e. The number of allylic oxidation sites excluding steroid dienone is 2. The molecule has 2 aromatic rings. The Morgan fingerprint density at radius 3 is 2.52 bits per heavy atom. The second kappa shape index (κ2) is 10.3. The van der Waals surface area contributed by atoms with Crippen molar-refractivity contribution in [1.29, 1.82) is 0 Å². The number of morpholine rings is 1. The van der Waals surface area contributed by atoms with Gasteiger partial charge in [0.15, 0.2) is 11.5 Å². The number of nitrogens with one attached hydrogen (secondary N) is 1. The second-order valence-electron chi connectivity index (χ2n) is 7.74. The third-order valence-corrected chi connectivity index (χ3v) is 5.35. The van der Waals surface area contributed by atoms with Crippen molar-refractivity contribution in [2.24, 2.45) is 4.99 Å². The van der Waals surface area contributed by atoms with E-state index in [0.717, 1.165) is 11.1 Å². The van der Waals surface area contributed by atoms with Crippen LogP contribution in [0.25, 0.3) is 16.5 Å². The number of benzene rings is 1. The van der Waals surface area contributed by atoms with Gasteiger partial charge in [0.2, 0.25) is 5.91 Å². The lowest BCUT2D eigenvalue weighted by Crippen LogP contribution is -2.39. The molecule has 9 heteroatoms. The molecule has 3 rings (SSSR count). The third kappa shape index (κ3) is 5.38. The summed E-state index contributed by atoms with van der Waals surface area (Å²) in [5.74, 6) is -1.30. The molecule has 2 heterocycles. The van der Waals surface area contributed by atoms with Crippen LogP contribution in [-0.4, -0.2) is 67.2 Å². The number of fused-ring (bicyclic) bond motifs is 1. The highest BCUT2D eigenvalue weighted by molar-refractivity contribution is 6.14. The van der Waals surface area contributed by atoms with E-state index in [-0.39, 0.29) is 41.0 Å². The normalized spacial score (nSPS) is 15.2. The molecule has 1 saturated heterocycles. The Morgan fingerprint density at radius 2 is 1.91 bits per heavy atom. The minimum Gasteiger partial charge on any atom is -0.512 e. The first kappa shape index (κ1) is 23.9. The van der Waals surface area contributed by atoms with E-state index >= 15 is 0 Å². The van der Waals surface area contributed by atoms with Crippen LogP contribution in [0.15, 0.2) is 45.0 Å². The molecule has 0 spiro atoms. The molecule has 9 nitrogen and oxygen atoms in total. The average molecular weight is 453 g/mol. The zero-order valence-corrected chi connectivity index (χ0v) is 18.9. The van der Waals surface area contributed by atoms with Gasteiger partial charge in [-0.25, -0.2) is 0 Å². The van der Waals surface area contributed by atoms with Crippen molar-refractivity contribution in [1.82, 2.24) is 4.90 Å². The molecule has 174 valence electrons. The number of carbonyl (C=O) groups excluding carboxylic acids is 3. The fraction of sp³-hybridized carbons (Fsp3) is 0.333. The number of hydrogen-bond acceptors (Lipinski definition) is 7. The number of ether oxygens (including phenoxy) is 1. The number of aliphatic hydroxyl groups is 1. The first-order valence-electron chi connectivity index (χ1n) is 10.5. The molecule has 0 bridgehead atoms. The monoisotopic (exact) mass is 453 g/mol. The number of ketones is 1. The van der Waals surface area contributed by atoms with Gasteiger partial charge in [-0.3, -0.25) is 19.4 Å². The van der Waals surface area contributed by atoms with E-state index < -0.39 is 5.91 Å². The number of aliphatic hydroxyl groups excluding tert-OH is 1. The smallest absolute Gasteiger partial charge is 0.256 e. The molecule has 1 aromatic heterocycles. The summed E-state index contributed by atoms with van der Waals surface area (Å²) < 4.78 is 11.0. The maximum atomic E-state index is 12.8. The van der Waals surface area contributed by atoms with E-state index in [1.807, 2.05) is 6.92 Å². The van der Waals surface area contributed by atoms with Gasteiger partial charge in [0, 0.05) is 31.5 Å². The number of rotatable bonds is 7. The molecule has 33 heavy (non-hydrogen) atoms. The van der Waals surface area contributed by atoms with E-state index in [2.05, 4.69) is 17.0 Å². The van der Waals surface area contributed by atoms with Crippen LogP contribution in [0.5, 0.6) is 0 Å². The quantitative estimate of drug-likeness (QED) is 0.287. The van der Waals surface area contributed by atoms with Gasteiger partial charge >= 0.3 is 0 Å². The molecule has 1 aromatic carbocycles. The molecular formula is C24H27N3O6. The maximum absolute atomic E-state index is 12.8. The Labute approximate surface area is 191 Å². The largest absolute Gasteiger partial charge is 0.512 e. The SMILES string of the molecule is C=NC/C(C(=O)Nc1c(C(C)=O)oc2ccc(/C(C)=C/C(=O)N3CCOCC3)cc12)=C(\C)O. The van der Waals surface area contributed by atoms with E-state index in [0.29, 0.717) is 37.3 Å². The Balaban J connectivity index is 1.99. The molecule has 0 unspecified atom stereocenters. The standard InChI is InChI=1S/C24H27N3O6/c1-14(11-21(30)27-7-9-32-10-8-27)17-5-6-20-18(12-17)22(23(33-20)16(3)29)26-24(31)19(13-25-4)15(2)28/h5-6,11-12,28H,4,7-10,13H2,1-3H3,(H,26,31)/b14-11+,19-15-. The fourth-order valence-electron chi connectivity index (χ4n) is 3.51. The molecule has 2 N–H and O–H groups in total. The number of anilines is 1. The highest BCUT2D eigenvalue weighted by Crippen LogP contribution is 2.34. The predicted octanol–water partition coefficient (Wildman–Crippen LogP) is 3.37. The van der Waals surface area contributed by atoms with Crippen molar-refractivity contribution in [3.63, 3.8) is 0 Å². The third-order valence-electron chi connectivity index (χ3n) is 5.35. The molecule has 1 aliphatic rings. The number of amides is 2. The van der Waals surface area contributed by atoms with E-state index in [1.165, 1.54) is 13.8 Å². The molecule has 2 amide bonds. The lowest BCUT2D eigenvalue weighted by Gasteiger charge is -2.25. The summed E-state index contributed by atoms with van der Waals surface area (Å²) in [6.07, 6.45) is 1.56. The molecule has 1 fully saturated rings. The lowest BCUT2D eigenvalue weighted by molar-refractivity contribution is -0.129. The molecule has 0 aliphatic carbocycles. The lowest BCUT2D eigenvalue weighted by atomic mass is 10.0. The summed E-state index contributed by atoms with van der Waals surface area (Å²) in [5.41, 5.74) is 2.08. The second-order valence-corrected chi connectivity index (χ2v) is 7.74. The van der Waals surface area contributed by atoms with Crippen LogP contribution in [-0.2, 0) is 14.3 Å². The van der Waals surface area contributed by atoms with Gasteiger partial charge in [-0.05, 0) is 43.8 Å². The summed E-state index contributed by atoms with van der Waals surface area (Å²) in [6, 6.07) is 5.22. The van der Waals surface area contributed by atoms with Gasteiger partial charge in [0.1, 0.15) is 5.58 Å². The minimum absolute atomic E-state index is 0.0111. The number of hydrogen-bond donors (Lipinski definition) is 2. The van der Waals surface area contributed by atoms with E-state index in [9.17, 15) is 19.5 Å². The molecule has 1 aliphatic heterocycles. The summed E-state index contributed by atoms with van der Waals surface area (Å²) in [5, 5.41) is 13.0. The molecule has 0 atom stereocenters. The van der Waals surface area contributed by atoms with Gasteiger partial charge in [0.25, 0.3) is 5.91 Å². The van der Waals surface area contributed by atoms with Crippen LogP contribution in [0.1, 0.15) is 36.9 Å². The predicted molar refractivity (Wildman–Crippen MR) is 126 cm³/mol. The van der Waals surface area contributed by atoms with Crippen molar-refractivity contribution >= 4 is 46.5 Å². The Morgan fingerprint density at radius 1 is 1.21 bits per heavy atom. The van der Waals surface area contributed by atoms with Crippen molar-refractivity contribution in [2.45, 2.75) is 20.8 Å². The van der Waals surface area contributed by atoms with Crippen molar-refractivity contribution < 1.29 is 28.6 Å². The Bertz CT molecular complexity index is 1160. The molecular weight excluding hydrogens is 426 g/mol. The van der Waals surface area contributed by atoms with Crippen molar-refractivity contribution in [3.8, 4) is 0 Å². The summed E-state index contributed by atoms with van der Waals surface area (Å²) in [7, 11) is 0. The minimum atomic E-state index is -0.618. The van der Waals surface area contributed by atoms with Crippen LogP contribution < -0.4 is 5.32 Å². The Hall–Kier alpha value is -3.72. The van der Waals surface area contributed by atoms with Crippen LogP contribution in [0, 0.1) is 0 Å². The summed E-state index contributed by atoms with van der Waals surface area (Å²) >= 11 is 0. The van der Waals surface area contributed by atoms with Gasteiger partial charge in [-0.1, -0.05) is 6.07 Å². The highest BCUT2D eigenvalue weighted by atomic mass is 16.5. The zero-order valence-electron chi connectivity index (χ0n) is 18.9. The van der Waals surface area contributed by atoms with E-state index in [4.69, 9.17) is 9.15 Å². The average Bonchev–Trinajstić information content (AvgIpc) is 3.15. The number of carbonyl (C=O) groups is 3. The number of Topliss-reactive ketones (excluding diaryl/α,β-unsaturated/α-hetero) is 1. The van der Waals surface area contributed by atoms with Crippen LogP contribution in [0.2, 0.25) is 0 Å². The van der Waals surface area contributed by atoms with Gasteiger partial charge in [-0.15, -0.1) is 0 Å². The molecule has 0 saturated carbocycles. The topological polar surface area (TPSA) is 121 Å². The van der Waals surface area contributed by atoms with Crippen molar-refractivity contribution in [3.05, 3.63) is 46.9 Å².